The Morgan fingerprint density at radius 3 is 2.73 bits per heavy atom. The standard InChI is InChI=1S/C21H31N3OS/c1-4-21(2,3)15-8-9-16-17(13-22)20(26-18(16)12-15)23-19(25)14-24-10-6-5-7-11-24/h15H,4-12,14H2,1-3H3,(H,23,25). The molecule has 1 aliphatic carbocycles. The number of nitriles is 1. The first-order valence-electron chi connectivity index (χ1n) is 10.0. The summed E-state index contributed by atoms with van der Waals surface area (Å²) in [5, 5.41) is 13.5. The first-order valence-corrected chi connectivity index (χ1v) is 10.8. The highest BCUT2D eigenvalue weighted by Gasteiger charge is 2.34. The van der Waals surface area contributed by atoms with Gasteiger partial charge < -0.3 is 5.32 Å². The molecule has 4 nitrogen and oxygen atoms in total. The lowest BCUT2D eigenvalue weighted by Crippen LogP contribution is -2.36. The summed E-state index contributed by atoms with van der Waals surface area (Å²) in [7, 11) is 0. The lowest BCUT2D eigenvalue weighted by Gasteiger charge is -2.36. The zero-order valence-corrected chi connectivity index (χ0v) is 17.2. The van der Waals surface area contributed by atoms with Crippen LogP contribution in [0, 0.1) is 22.7 Å². The number of carbonyl (C=O) groups is 1. The molecule has 0 bridgehead atoms. The third-order valence-corrected chi connectivity index (χ3v) is 7.63. The molecule has 0 saturated carbocycles. The van der Waals surface area contributed by atoms with Crippen molar-refractivity contribution >= 4 is 22.2 Å². The summed E-state index contributed by atoms with van der Waals surface area (Å²) in [5.41, 5.74) is 2.23. The lowest BCUT2D eigenvalue weighted by atomic mass is 9.69. The molecule has 2 aliphatic rings. The van der Waals surface area contributed by atoms with Gasteiger partial charge in [-0.3, -0.25) is 9.69 Å². The maximum Gasteiger partial charge on any atom is 0.239 e. The smallest absolute Gasteiger partial charge is 0.239 e. The van der Waals surface area contributed by atoms with Gasteiger partial charge in [-0.15, -0.1) is 11.3 Å². The zero-order valence-electron chi connectivity index (χ0n) is 16.4. The minimum Gasteiger partial charge on any atom is -0.315 e. The van der Waals surface area contributed by atoms with Crippen LogP contribution in [0.3, 0.4) is 0 Å². The van der Waals surface area contributed by atoms with Crippen LogP contribution in [0.25, 0.3) is 0 Å². The van der Waals surface area contributed by atoms with E-state index in [2.05, 4.69) is 37.1 Å². The highest BCUT2D eigenvalue weighted by atomic mass is 32.1. The van der Waals surface area contributed by atoms with Crippen molar-refractivity contribution in [3.05, 3.63) is 16.0 Å². The van der Waals surface area contributed by atoms with Gasteiger partial charge in [0.2, 0.25) is 5.91 Å². The van der Waals surface area contributed by atoms with Gasteiger partial charge in [-0.1, -0.05) is 33.6 Å². The number of thiophene rings is 1. The predicted molar refractivity (Wildman–Crippen MR) is 108 cm³/mol. The van der Waals surface area contributed by atoms with Crippen LogP contribution < -0.4 is 5.32 Å². The first kappa shape index (κ1) is 19.4. The van der Waals surface area contributed by atoms with Gasteiger partial charge in [0.15, 0.2) is 0 Å². The molecule has 0 aromatic carbocycles. The molecule has 142 valence electrons. The number of piperidine rings is 1. The van der Waals surface area contributed by atoms with Crippen LogP contribution in [0.2, 0.25) is 0 Å². The number of fused-ring (bicyclic) bond motifs is 1. The quantitative estimate of drug-likeness (QED) is 0.821. The molecule has 1 aromatic heterocycles. The van der Waals surface area contributed by atoms with Crippen LogP contribution in [-0.4, -0.2) is 30.4 Å². The molecular formula is C21H31N3OS. The fourth-order valence-corrected chi connectivity index (χ4v) is 5.53. The van der Waals surface area contributed by atoms with E-state index < -0.39 is 0 Å². The van der Waals surface area contributed by atoms with Crippen LogP contribution in [-0.2, 0) is 17.6 Å². The minimum atomic E-state index is 0.0208. The molecule has 3 rings (SSSR count). The summed E-state index contributed by atoms with van der Waals surface area (Å²) in [6.07, 6.45) is 7.94. The van der Waals surface area contributed by atoms with Crippen molar-refractivity contribution in [2.24, 2.45) is 11.3 Å². The molecule has 1 N–H and O–H groups in total. The Balaban J connectivity index is 1.71. The molecule has 1 saturated heterocycles. The first-order chi connectivity index (χ1) is 12.4. The second kappa shape index (κ2) is 8.10. The topological polar surface area (TPSA) is 56.1 Å². The molecule has 1 atom stereocenters. The molecule has 1 aromatic rings. The van der Waals surface area contributed by atoms with Gasteiger partial charge in [-0.25, -0.2) is 0 Å². The Morgan fingerprint density at radius 2 is 2.08 bits per heavy atom. The van der Waals surface area contributed by atoms with E-state index in [4.69, 9.17) is 0 Å². The van der Waals surface area contributed by atoms with Gasteiger partial charge in [0.05, 0.1) is 12.1 Å². The highest BCUT2D eigenvalue weighted by molar-refractivity contribution is 7.16. The lowest BCUT2D eigenvalue weighted by molar-refractivity contribution is -0.117. The van der Waals surface area contributed by atoms with E-state index in [9.17, 15) is 10.1 Å². The van der Waals surface area contributed by atoms with E-state index in [1.165, 1.54) is 36.1 Å². The largest absolute Gasteiger partial charge is 0.315 e. The number of nitrogens with zero attached hydrogens (tertiary/aromatic N) is 2. The second-order valence-corrected chi connectivity index (χ2v) is 9.59. The van der Waals surface area contributed by atoms with Crippen LogP contribution in [0.5, 0.6) is 0 Å². The SMILES string of the molecule is CCC(C)(C)C1CCc2c(sc(NC(=O)CN3CCCCC3)c2C#N)C1. The average molecular weight is 374 g/mol. The van der Waals surface area contributed by atoms with Gasteiger partial charge >= 0.3 is 0 Å². The Labute approximate surface area is 161 Å². The molecule has 1 aliphatic heterocycles. The number of hydrogen-bond donors (Lipinski definition) is 1. The van der Waals surface area contributed by atoms with Crippen molar-refractivity contribution in [1.29, 1.82) is 5.26 Å². The van der Waals surface area contributed by atoms with E-state index in [1.807, 2.05) is 0 Å². The molecule has 26 heavy (non-hydrogen) atoms. The van der Waals surface area contributed by atoms with E-state index in [0.29, 0.717) is 23.4 Å². The summed E-state index contributed by atoms with van der Waals surface area (Å²) < 4.78 is 0. The Bertz CT molecular complexity index is 695. The van der Waals surface area contributed by atoms with Crippen molar-refractivity contribution in [3.63, 3.8) is 0 Å². The van der Waals surface area contributed by atoms with Crippen LogP contribution >= 0.6 is 11.3 Å². The fraction of sp³-hybridized carbons (Fsp3) is 0.714. The maximum atomic E-state index is 12.5. The molecule has 0 radical (unpaired) electrons. The van der Waals surface area contributed by atoms with Crippen molar-refractivity contribution in [3.8, 4) is 6.07 Å². The van der Waals surface area contributed by atoms with E-state index in [1.54, 1.807) is 11.3 Å². The Hall–Kier alpha value is -1.38. The summed E-state index contributed by atoms with van der Waals surface area (Å²) >= 11 is 1.63. The van der Waals surface area contributed by atoms with Crippen molar-refractivity contribution in [2.45, 2.75) is 65.7 Å². The van der Waals surface area contributed by atoms with Crippen LogP contribution in [0.4, 0.5) is 5.00 Å². The summed E-state index contributed by atoms with van der Waals surface area (Å²) in [5.74, 6) is 0.675. The fourth-order valence-electron chi connectivity index (χ4n) is 4.23. The molecule has 0 spiro atoms. The summed E-state index contributed by atoms with van der Waals surface area (Å²) in [6, 6.07) is 2.36. The zero-order chi connectivity index (χ0) is 18.7. The van der Waals surface area contributed by atoms with Gasteiger partial charge in [-0.05, 0) is 62.1 Å². The summed E-state index contributed by atoms with van der Waals surface area (Å²) in [6.45, 7) is 9.42. The minimum absolute atomic E-state index is 0.0208. The second-order valence-electron chi connectivity index (χ2n) is 8.49. The van der Waals surface area contributed by atoms with Crippen LogP contribution in [0.1, 0.15) is 68.9 Å². The van der Waals surface area contributed by atoms with E-state index >= 15 is 0 Å². The normalized spacial score (nSPS) is 21.1. The van der Waals surface area contributed by atoms with Crippen molar-refractivity contribution in [2.75, 3.05) is 25.0 Å². The van der Waals surface area contributed by atoms with E-state index in [-0.39, 0.29) is 5.91 Å². The van der Waals surface area contributed by atoms with E-state index in [0.717, 1.165) is 37.4 Å². The monoisotopic (exact) mass is 373 g/mol. The molecule has 2 heterocycles. The van der Waals surface area contributed by atoms with Crippen molar-refractivity contribution < 1.29 is 4.79 Å². The van der Waals surface area contributed by atoms with Gasteiger partial charge in [0, 0.05) is 4.88 Å². The average Bonchev–Trinajstić information content (AvgIpc) is 2.98. The third-order valence-electron chi connectivity index (χ3n) is 6.46. The number of nitrogens with one attached hydrogen (secondary N) is 1. The number of anilines is 1. The molecule has 1 fully saturated rings. The number of amides is 1. The van der Waals surface area contributed by atoms with Gasteiger partial charge in [-0.2, -0.15) is 5.26 Å². The molecule has 5 heteroatoms. The van der Waals surface area contributed by atoms with Crippen molar-refractivity contribution in [1.82, 2.24) is 4.90 Å². The number of carbonyl (C=O) groups excluding carboxylic acids is 1. The highest BCUT2D eigenvalue weighted by Crippen LogP contribution is 2.45. The molecule has 1 unspecified atom stereocenters. The number of likely N-dealkylation sites (tertiary alicyclic amines) is 1. The van der Waals surface area contributed by atoms with Crippen LogP contribution in [0.15, 0.2) is 0 Å². The molecular weight excluding hydrogens is 342 g/mol. The maximum absolute atomic E-state index is 12.5. The number of rotatable bonds is 5. The van der Waals surface area contributed by atoms with Gasteiger partial charge in [0.1, 0.15) is 11.1 Å². The molecule has 1 amide bonds. The van der Waals surface area contributed by atoms with Gasteiger partial charge in [0.25, 0.3) is 0 Å². The predicted octanol–water partition coefficient (Wildman–Crippen LogP) is 4.59. The summed E-state index contributed by atoms with van der Waals surface area (Å²) in [4.78, 5) is 16.0. The Morgan fingerprint density at radius 1 is 1.35 bits per heavy atom. The number of hydrogen-bond acceptors (Lipinski definition) is 4. The third kappa shape index (κ3) is 4.13. The Kier molecular flexibility index (Phi) is 6.04.